The van der Waals surface area contributed by atoms with Gasteiger partial charge in [0.15, 0.2) is 0 Å². The molecule has 0 spiro atoms. The van der Waals surface area contributed by atoms with Gasteiger partial charge in [0.05, 0.1) is 5.56 Å². The number of alkyl halides is 3. The van der Waals surface area contributed by atoms with Crippen LogP contribution in [0, 0.1) is 5.92 Å². The van der Waals surface area contributed by atoms with Gasteiger partial charge in [-0.05, 0) is 36.9 Å². The summed E-state index contributed by atoms with van der Waals surface area (Å²) in [7, 11) is 0. The zero-order valence-corrected chi connectivity index (χ0v) is 12.2. The molecule has 0 bridgehead atoms. The summed E-state index contributed by atoms with van der Waals surface area (Å²) >= 11 is 0. The minimum absolute atomic E-state index is 0.0639. The summed E-state index contributed by atoms with van der Waals surface area (Å²) in [6.07, 6.45) is -2.75. The smallest absolute Gasteiger partial charge is 0.341 e. The van der Waals surface area contributed by atoms with E-state index in [2.05, 4.69) is 5.32 Å². The van der Waals surface area contributed by atoms with Crippen molar-refractivity contribution < 1.29 is 18.0 Å². The van der Waals surface area contributed by atoms with Gasteiger partial charge in [-0.3, -0.25) is 4.79 Å². The first-order valence-corrected chi connectivity index (χ1v) is 7.63. The summed E-state index contributed by atoms with van der Waals surface area (Å²) < 4.78 is 38.3. The van der Waals surface area contributed by atoms with Crippen molar-refractivity contribution in [2.24, 2.45) is 5.92 Å². The van der Waals surface area contributed by atoms with Crippen LogP contribution in [0.3, 0.4) is 0 Å². The average Bonchev–Trinajstić information content (AvgIpc) is 3.30. The number of nitrogens with one attached hydrogen (secondary N) is 1. The van der Waals surface area contributed by atoms with Crippen LogP contribution in [0.1, 0.15) is 29.9 Å². The molecule has 1 aromatic rings. The molecule has 6 heteroatoms. The van der Waals surface area contributed by atoms with Crippen molar-refractivity contribution in [3.05, 3.63) is 35.4 Å². The molecule has 0 aromatic heterocycles. The second-order valence-electron chi connectivity index (χ2n) is 6.00. The highest BCUT2D eigenvalue weighted by atomic mass is 19.4. The van der Waals surface area contributed by atoms with E-state index in [0.29, 0.717) is 18.5 Å². The molecule has 1 heterocycles. The van der Waals surface area contributed by atoms with Gasteiger partial charge in [-0.2, -0.15) is 13.2 Å². The average molecular weight is 312 g/mol. The van der Waals surface area contributed by atoms with Crippen molar-refractivity contribution >= 4 is 5.91 Å². The van der Waals surface area contributed by atoms with Crippen LogP contribution in [0.2, 0.25) is 0 Å². The van der Waals surface area contributed by atoms with Crippen LogP contribution in [0.25, 0.3) is 0 Å². The number of nitrogens with zero attached hydrogens (tertiary/aromatic N) is 1. The molecule has 1 amide bonds. The molecule has 3 rings (SSSR count). The fourth-order valence-electron chi connectivity index (χ4n) is 3.08. The van der Waals surface area contributed by atoms with Gasteiger partial charge in [-0.15, -0.1) is 0 Å². The summed E-state index contributed by atoms with van der Waals surface area (Å²) in [5, 5.41) is 3.24. The van der Waals surface area contributed by atoms with E-state index < -0.39 is 11.7 Å². The fourth-order valence-corrected chi connectivity index (χ4v) is 3.08. The molecule has 1 N–H and O–H groups in total. The molecular formula is C16H19F3N2O. The summed E-state index contributed by atoms with van der Waals surface area (Å²) in [4.78, 5) is 14.3. The predicted molar refractivity (Wildman–Crippen MR) is 76.4 cm³/mol. The molecule has 2 fully saturated rings. The maximum absolute atomic E-state index is 12.8. The number of halogens is 3. The molecule has 1 aromatic carbocycles. The molecular weight excluding hydrogens is 293 g/mol. The lowest BCUT2D eigenvalue weighted by Crippen LogP contribution is -2.35. The number of hydrogen-bond donors (Lipinski definition) is 1. The van der Waals surface area contributed by atoms with Crippen LogP contribution in [0.5, 0.6) is 0 Å². The lowest BCUT2D eigenvalue weighted by molar-refractivity contribution is -0.137. The topological polar surface area (TPSA) is 32.3 Å². The summed E-state index contributed by atoms with van der Waals surface area (Å²) in [6, 6.07) is 5.37. The number of benzene rings is 1. The highest BCUT2D eigenvalue weighted by Gasteiger charge is 2.46. The van der Waals surface area contributed by atoms with Crippen molar-refractivity contribution in [3.8, 4) is 0 Å². The number of carbonyl (C=O) groups excluding carboxylic acids is 1. The van der Waals surface area contributed by atoms with Gasteiger partial charge in [0.1, 0.15) is 0 Å². The van der Waals surface area contributed by atoms with Crippen molar-refractivity contribution in [2.75, 3.05) is 26.2 Å². The van der Waals surface area contributed by atoms with Crippen LogP contribution in [0.4, 0.5) is 13.2 Å². The number of amides is 1. The summed E-state index contributed by atoms with van der Waals surface area (Å²) in [5.74, 6) is -0.126. The second kappa shape index (κ2) is 5.91. The summed E-state index contributed by atoms with van der Waals surface area (Å²) in [5.41, 5.74) is -0.0109. The Labute approximate surface area is 127 Å². The van der Waals surface area contributed by atoms with E-state index in [1.54, 1.807) is 6.07 Å². The van der Waals surface area contributed by atoms with Crippen LogP contribution < -0.4 is 5.32 Å². The molecule has 0 radical (unpaired) electrons. The number of hydrogen-bond acceptors (Lipinski definition) is 2. The van der Waals surface area contributed by atoms with Crippen LogP contribution in [0.15, 0.2) is 24.3 Å². The van der Waals surface area contributed by atoms with E-state index in [4.69, 9.17) is 0 Å². The quantitative estimate of drug-likeness (QED) is 0.910. The van der Waals surface area contributed by atoms with Gasteiger partial charge in [-0.25, -0.2) is 0 Å². The summed E-state index contributed by atoms with van der Waals surface area (Å²) in [6.45, 7) is 3.11. The van der Waals surface area contributed by atoms with Gasteiger partial charge in [-0.1, -0.05) is 18.2 Å². The van der Waals surface area contributed by atoms with Crippen molar-refractivity contribution in [2.45, 2.75) is 24.9 Å². The first-order chi connectivity index (χ1) is 10.5. The second-order valence-corrected chi connectivity index (χ2v) is 6.00. The monoisotopic (exact) mass is 312 g/mol. The zero-order valence-electron chi connectivity index (χ0n) is 12.2. The minimum Gasteiger partial charge on any atom is -0.341 e. The normalized spacial score (nSPS) is 25.7. The Morgan fingerprint density at radius 3 is 2.82 bits per heavy atom. The Kier molecular flexibility index (Phi) is 4.12. The van der Waals surface area contributed by atoms with E-state index in [1.165, 1.54) is 12.1 Å². The molecule has 1 saturated carbocycles. The molecule has 1 saturated heterocycles. The minimum atomic E-state index is -4.33. The third-order valence-electron chi connectivity index (χ3n) is 4.40. The van der Waals surface area contributed by atoms with Gasteiger partial charge < -0.3 is 10.2 Å². The highest BCUT2D eigenvalue weighted by Crippen LogP contribution is 2.49. The SMILES string of the molecule is O=C(C1CC1c1cccc(C(F)(F)F)c1)N1CCCNCC1. The Balaban J connectivity index is 1.67. The molecule has 1 aliphatic carbocycles. The van der Waals surface area contributed by atoms with Crippen molar-refractivity contribution in [1.29, 1.82) is 0 Å². The van der Waals surface area contributed by atoms with Gasteiger partial charge in [0.25, 0.3) is 0 Å². The van der Waals surface area contributed by atoms with E-state index >= 15 is 0 Å². The maximum atomic E-state index is 12.8. The molecule has 2 aliphatic rings. The molecule has 2 unspecified atom stereocenters. The van der Waals surface area contributed by atoms with Crippen molar-refractivity contribution in [1.82, 2.24) is 10.2 Å². The maximum Gasteiger partial charge on any atom is 0.416 e. The van der Waals surface area contributed by atoms with Gasteiger partial charge in [0.2, 0.25) is 5.91 Å². The standard InChI is InChI=1S/C16H19F3N2O/c17-16(18,19)12-4-1-3-11(9-12)13-10-14(13)15(22)21-7-2-5-20-6-8-21/h1,3-4,9,13-14,20H,2,5-8,10H2. The Morgan fingerprint density at radius 1 is 1.23 bits per heavy atom. The van der Waals surface area contributed by atoms with E-state index in [1.807, 2.05) is 4.90 Å². The molecule has 2 atom stereocenters. The van der Waals surface area contributed by atoms with Gasteiger partial charge in [0, 0.05) is 25.6 Å². The zero-order chi connectivity index (χ0) is 15.7. The van der Waals surface area contributed by atoms with Crippen LogP contribution in [-0.4, -0.2) is 37.0 Å². The van der Waals surface area contributed by atoms with E-state index in [0.717, 1.165) is 32.1 Å². The lowest BCUT2D eigenvalue weighted by Gasteiger charge is -2.20. The Morgan fingerprint density at radius 2 is 2.05 bits per heavy atom. The molecule has 120 valence electrons. The number of rotatable bonds is 2. The van der Waals surface area contributed by atoms with Crippen LogP contribution in [-0.2, 0) is 11.0 Å². The van der Waals surface area contributed by atoms with Crippen molar-refractivity contribution in [3.63, 3.8) is 0 Å². The predicted octanol–water partition coefficient (Wildman–Crippen LogP) is 2.63. The first kappa shape index (κ1) is 15.3. The fraction of sp³-hybridized carbons (Fsp3) is 0.562. The lowest BCUT2D eigenvalue weighted by atomic mass is 10.0. The Bertz CT molecular complexity index is 551. The van der Waals surface area contributed by atoms with E-state index in [9.17, 15) is 18.0 Å². The third-order valence-corrected chi connectivity index (χ3v) is 4.40. The first-order valence-electron chi connectivity index (χ1n) is 7.63. The molecule has 22 heavy (non-hydrogen) atoms. The number of carbonyl (C=O) groups is 1. The van der Waals surface area contributed by atoms with Crippen LogP contribution >= 0.6 is 0 Å². The molecule has 1 aliphatic heterocycles. The molecule has 3 nitrogen and oxygen atoms in total. The Hall–Kier alpha value is -1.56. The van der Waals surface area contributed by atoms with Gasteiger partial charge >= 0.3 is 6.18 Å². The van der Waals surface area contributed by atoms with E-state index in [-0.39, 0.29) is 17.7 Å². The highest BCUT2D eigenvalue weighted by molar-refractivity contribution is 5.83. The largest absolute Gasteiger partial charge is 0.416 e. The third kappa shape index (κ3) is 3.27.